The smallest absolute Gasteiger partial charge is 0.118 e. The van der Waals surface area contributed by atoms with Crippen molar-refractivity contribution in [2.24, 2.45) is 0 Å². The maximum absolute atomic E-state index is 3.63. The first-order valence-electron chi connectivity index (χ1n) is 10.6. The highest BCUT2D eigenvalue weighted by atomic mass is 15.5. The summed E-state index contributed by atoms with van der Waals surface area (Å²) in [5, 5.41) is 6.05. The number of aromatic nitrogens is 2. The van der Waals surface area contributed by atoms with E-state index in [-0.39, 0.29) is 0 Å². The summed E-state index contributed by atoms with van der Waals surface area (Å²) < 4.78 is 0. The summed E-state index contributed by atoms with van der Waals surface area (Å²) in [6.45, 7) is 4.23. The third-order valence-electron chi connectivity index (χ3n) is 6.25. The van der Waals surface area contributed by atoms with Gasteiger partial charge in [0.1, 0.15) is 5.82 Å². The summed E-state index contributed by atoms with van der Waals surface area (Å²) in [4.78, 5) is 9.50. The Morgan fingerprint density at radius 3 is 2.50 bits per heavy atom. The number of aromatic amines is 2. The molecule has 1 aliphatic rings. The van der Waals surface area contributed by atoms with Gasteiger partial charge in [0.25, 0.3) is 0 Å². The van der Waals surface area contributed by atoms with Gasteiger partial charge < -0.3 is 20.3 Å². The zero-order valence-corrected chi connectivity index (χ0v) is 17.1. The molecule has 2 aromatic heterocycles. The summed E-state index contributed by atoms with van der Waals surface area (Å²) in [6.07, 6.45) is 0. The van der Waals surface area contributed by atoms with E-state index in [2.05, 4.69) is 99.1 Å². The highest BCUT2D eigenvalue weighted by Gasteiger charge is 2.15. The molecule has 1 fully saturated rings. The molecule has 0 atom stereocenters. The number of likely N-dealkylation sites (N-methyl/N-ethyl adjacent to an activating group) is 1. The Labute approximate surface area is 175 Å². The zero-order chi connectivity index (χ0) is 20.1. The Morgan fingerprint density at radius 1 is 0.767 bits per heavy atom. The summed E-state index contributed by atoms with van der Waals surface area (Å²) in [7, 11) is 2.18. The second kappa shape index (κ2) is 6.90. The Kier molecular flexibility index (Phi) is 4.04. The molecule has 5 nitrogen and oxygen atoms in total. The highest BCUT2D eigenvalue weighted by Crippen LogP contribution is 2.34. The maximum Gasteiger partial charge on any atom is 0.118 e. The van der Waals surface area contributed by atoms with Crippen LogP contribution in [0.25, 0.3) is 43.8 Å². The molecule has 30 heavy (non-hydrogen) atoms. The van der Waals surface area contributed by atoms with Crippen molar-refractivity contribution in [1.82, 2.24) is 19.9 Å². The number of rotatable bonds is 3. The van der Waals surface area contributed by atoms with E-state index >= 15 is 0 Å². The van der Waals surface area contributed by atoms with Gasteiger partial charge in [0, 0.05) is 58.9 Å². The van der Waals surface area contributed by atoms with Gasteiger partial charge in [-0.25, -0.2) is 5.01 Å². The number of hydrogen-bond donors (Lipinski definition) is 3. The monoisotopic (exact) mass is 395 g/mol. The van der Waals surface area contributed by atoms with Crippen molar-refractivity contribution in [2.45, 2.75) is 0 Å². The standard InChI is InChI=1S/C25H25N5/c1-29-11-13-30(14-12-29)28-24-16-18-15-17(9-10-22(18)26-24)19-6-4-7-21-20-5-2-3-8-23(20)27-25(19)21/h2-10,15-16,26-28H,11-14H2,1H3. The molecule has 3 heterocycles. The van der Waals surface area contributed by atoms with Crippen molar-refractivity contribution >= 4 is 38.5 Å². The summed E-state index contributed by atoms with van der Waals surface area (Å²) in [6, 6.07) is 23.9. The van der Waals surface area contributed by atoms with E-state index in [1.54, 1.807) is 0 Å². The van der Waals surface area contributed by atoms with Crippen LogP contribution >= 0.6 is 0 Å². The highest BCUT2D eigenvalue weighted by molar-refractivity contribution is 6.12. The number of para-hydroxylation sites is 2. The molecule has 1 saturated heterocycles. The SMILES string of the molecule is CN1CCN(Nc2cc3cc(-c4cccc5c4[nH]c4ccccc45)ccc3[nH]2)CC1. The fourth-order valence-electron chi connectivity index (χ4n) is 4.56. The lowest BCUT2D eigenvalue weighted by Gasteiger charge is -2.32. The Hall–Kier alpha value is -3.28. The molecule has 0 saturated carbocycles. The first kappa shape index (κ1) is 17.6. The average Bonchev–Trinajstić information content (AvgIpc) is 3.35. The quantitative estimate of drug-likeness (QED) is 0.401. The molecular formula is C25H25N5. The van der Waals surface area contributed by atoms with Crippen LogP contribution in [0.5, 0.6) is 0 Å². The van der Waals surface area contributed by atoms with E-state index in [0.717, 1.165) is 37.5 Å². The molecule has 0 aliphatic carbocycles. The van der Waals surface area contributed by atoms with Gasteiger partial charge in [0.2, 0.25) is 0 Å². The first-order chi connectivity index (χ1) is 14.7. The molecule has 0 radical (unpaired) electrons. The van der Waals surface area contributed by atoms with Gasteiger partial charge in [0.15, 0.2) is 0 Å². The second-order valence-electron chi connectivity index (χ2n) is 8.29. The van der Waals surface area contributed by atoms with Crippen molar-refractivity contribution < 1.29 is 0 Å². The molecule has 1 aliphatic heterocycles. The van der Waals surface area contributed by atoms with Crippen LogP contribution in [-0.2, 0) is 0 Å². The van der Waals surface area contributed by atoms with Crippen LogP contribution in [-0.4, -0.2) is 53.1 Å². The molecule has 5 heteroatoms. The van der Waals surface area contributed by atoms with E-state index in [9.17, 15) is 0 Å². The zero-order valence-electron chi connectivity index (χ0n) is 17.1. The third-order valence-corrected chi connectivity index (χ3v) is 6.25. The van der Waals surface area contributed by atoms with Gasteiger partial charge in [-0.15, -0.1) is 0 Å². The number of nitrogens with one attached hydrogen (secondary N) is 3. The lowest BCUT2D eigenvalue weighted by atomic mass is 10.0. The Morgan fingerprint density at radius 2 is 1.60 bits per heavy atom. The summed E-state index contributed by atoms with van der Waals surface area (Å²) in [5.74, 6) is 1.05. The molecule has 150 valence electrons. The minimum Gasteiger partial charge on any atom is -0.354 e. The van der Waals surface area contributed by atoms with Crippen LogP contribution in [0, 0.1) is 0 Å². The predicted molar refractivity (Wildman–Crippen MR) is 126 cm³/mol. The Balaban J connectivity index is 1.37. The molecule has 5 aromatic rings. The van der Waals surface area contributed by atoms with Crippen molar-refractivity contribution in [3.63, 3.8) is 0 Å². The molecule has 0 unspecified atom stereocenters. The number of benzene rings is 3. The molecule has 0 amide bonds. The van der Waals surface area contributed by atoms with Crippen LogP contribution in [0.15, 0.2) is 66.7 Å². The molecule has 3 N–H and O–H groups in total. The molecule has 0 spiro atoms. The largest absolute Gasteiger partial charge is 0.354 e. The van der Waals surface area contributed by atoms with Crippen molar-refractivity contribution in [3.8, 4) is 11.1 Å². The van der Waals surface area contributed by atoms with Crippen LogP contribution in [0.3, 0.4) is 0 Å². The van der Waals surface area contributed by atoms with Gasteiger partial charge in [-0.05, 0) is 36.9 Å². The van der Waals surface area contributed by atoms with Gasteiger partial charge >= 0.3 is 0 Å². The number of fused-ring (bicyclic) bond motifs is 4. The van der Waals surface area contributed by atoms with Crippen molar-refractivity contribution in [3.05, 3.63) is 66.7 Å². The normalized spacial score (nSPS) is 16.0. The van der Waals surface area contributed by atoms with E-state index in [1.807, 2.05) is 0 Å². The fraction of sp³-hybridized carbons (Fsp3) is 0.200. The minimum absolute atomic E-state index is 1.03. The number of hydrazine groups is 1. The molecule has 6 rings (SSSR count). The van der Waals surface area contributed by atoms with Crippen LogP contribution in [0.2, 0.25) is 0 Å². The van der Waals surface area contributed by atoms with Crippen LogP contribution in [0.4, 0.5) is 5.82 Å². The van der Waals surface area contributed by atoms with Gasteiger partial charge in [-0.3, -0.25) is 0 Å². The maximum atomic E-state index is 3.63. The average molecular weight is 396 g/mol. The predicted octanol–water partition coefficient (Wildman–Crippen LogP) is 5.04. The van der Waals surface area contributed by atoms with Crippen molar-refractivity contribution in [1.29, 1.82) is 0 Å². The lowest BCUT2D eigenvalue weighted by Crippen LogP contribution is -2.46. The topological polar surface area (TPSA) is 50.1 Å². The van der Waals surface area contributed by atoms with Gasteiger partial charge in [-0.1, -0.05) is 42.5 Å². The van der Waals surface area contributed by atoms with Crippen molar-refractivity contribution in [2.75, 3.05) is 38.7 Å². The van der Waals surface area contributed by atoms with E-state index in [0.29, 0.717) is 0 Å². The van der Waals surface area contributed by atoms with E-state index in [4.69, 9.17) is 0 Å². The molecule has 0 bridgehead atoms. The molecular weight excluding hydrogens is 370 g/mol. The third kappa shape index (κ3) is 2.95. The van der Waals surface area contributed by atoms with Crippen LogP contribution < -0.4 is 5.43 Å². The van der Waals surface area contributed by atoms with Gasteiger partial charge in [-0.2, -0.15) is 0 Å². The van der Waals surface area contributed by atoms with Crippen LogP contribution in [0.1, 0.15) is 0 Å². The first-order valence-corrected chi connectivity index (χ1v) is 10.6. The second-order valence-corrected chi connectivity index (χ2v) is 8.29. The fourth-order valence-corrected chi connectivity index (χ4v) is 4.56. The number of nitrogens with zero attached hydrogens (tertiary/aromatic N) is 2. The molecule has 3 aromatic carbocycles. The van der Waals surface area contributed by atoms with E-state index < -0.39 is 0 Å². The number of anilines is 1. The minimum atomic E-state index is 1.03. The Bertz CT molecular complexity index is 1350. The number of piperazine rings is 1. The summed E-state index contributed by atoms with van der Waals surface area (Å²) >= 11 is 0. The van der Waals surface area contributed by atoms with Gasteiger partial charge in [0.05, 0.1) is 5.52 Å². The van der Waals surface area contributed by atoms with E-state index in [1.165, 1.54) is 38.3 Å². The number of hydrogen-bond acceptors (Lipinski definition) is 3. The lowest BCUT2D eigenvalue weighted by molar-refractivity contribution is 0.178. The number of H-pyrrole nitrogens is 2. The summed E-state index contributed by atoms with van der Waals surface area (Å²) in [5.41, 5.74) is 9.54.